The molecule has 2 aromatic carbocycles. The summed E-state index contributed by atoms with van der Waals surface area (Å²) < 4.78 is 1.08. The first-order chi connectivity index (χ1) is 9.74. The number of fused-ring (bicyclic) bond motifs is 1. The van der Waals surface area contributed by atoms with Gasteiger partial charge in [-0.05, 0) is 35.4 Å². The fourth-order valence-corrected chi connectivity index (χ4v) is 2.53. The highest BCUT2D eigenvalue weighted by molar-refractivity contribution is 9.10. The number of benzene rings is 2. The molecule has 0 saturated carbocycles. The Balaban J connectivity index is 0.000000704. The van der Waals surface area contributed by atoms with Crippen LogP contribution in [-0.2, 0) is 0 Å². The van der Waals surface area contributed by atoms with Gasteiger partial charge in [-0.15, -0.1) is 0 Å². The monoisotopic (exact) mass is 327 g/mol. The van der Waals surface area contributed by atoms with Crippen LogP contribution in [0.15, 0.2) is 71.4 Å². The lowest BCUT2D eigenvalue weighted by atomic mass is 9.93. The van der Waals surface area contributed by atoms with Crippen molar-refractivity contribution in [1.82, 2.24) is 0 Å². The molecule has 0 radical (unpaired) electrons. The van der Waals surface area contributed by atoms with Crippen LogP contribution in [0.3, 0.4) is 0 Å². The fourth-order valence-electron chi connectivity index (χ4n) is 2.17. The molecule has 0 aliphatic carbocycles. The zero-order valence-electron chi connectivity index (χ0n) is 11.8. The Morgan fingerprint density at radius 2 is 1.70 bits per heavy atom. The average Bonchev–Trinajstić information content (AvgIpc) is 2.50. The van der Waals surface area contributed by atoms with Crippen LogP contribution in [-0.4, -0.2) is 0 Å². The molecule has 0 fully saturated rings. The molecule has 1 aliphatic rings. The summed E-state index contributed by atoms with van der Waals surface area (Å²) >= 11 is 3.53. The summed E-state index contributed by atoms with van der Waals surface area (Å²) in [6, 6.07) is 16.6. The number of hydrogen-bond donors (Lipinski definition) is 1. The lowest BCUT2D eigenvalue weighted by Crippen LogP contribution is -2.06. The number of nitrogens with one attached hydrogen (secondary N) is 1. The molecule has 0 saturated heterocycles. The molecule has 0 amide bonds. The van der Waals surface area contributed by atoms with E-state index in [-0.39, 0.29) is 0 Å². The number of halogens is 1. The molecule has 0 spiro atoms. The molecule has 2 heteroatoms. The van der Waals surface area contributed by atoms with Gasteiger partial charge in [0, 0.05) is 21.4 Å². The van der Waals surface area contributed by atoms with E-state index in [1.807, 2.05) is 26.0 Å². The Morgan fingerprint density at radius 3 is 2.40 bits per heavy atom. The van der Waals surface area contributed by atoms with Gasteiger partial charge >= 0.3 is 0 Å². The van der Waals surface area contributed by atoms with Gasteiger partial charge in [0.2, 0.25) is 0 Å². The standard InChI is InChI=1S/C16H12BrN.C2H6/c1-11-9-14(12-5-3-2-4-6-12)15-10-13(17)7-8-16(15)18-11;1-2/h2-10,18H,1H2;1-2H3. The molecular formula is C18H18BrN. The molecule has 0 unspecified atom stereocenters. The first-order valence-electron chi connectivity index (χ1n) is 6.77. The first kappa shape index (κ1) is 14.6. The minimum absolute atomic E-state index is 0.920. The van der Waals surface area contributed by atoms with Crippen LogP contribution in [0.4, 0.5) is 5.69 Å². The lowest BCUT2D eigenvalue weighted by Gasteiger charge is -2.21. The maximum absolute atomic E-state index is 4.01. The van der Waals surface area contributed by atoms with E-state index in [4.69, 9.17) is 0 Å². The number of rotatable bonds is 1. The van der Waals surface area contributed by atoms with Crippen LogP contribution in [0.25, 0.3) is 5.57 Å². The number of anilines is 1. The second kappa shape index (κ2) is 6.58. The second-order valence-corrected chi connectivity index (χ2v) is 5.18. The van der Waals surface area contributed by atoms with Gasteiger partial charge in [-0.2, -0.15) is 0 Å². The smallest absolute Gasteiger partial charge is 0.0464 e. The van der Waals surface area contributed by atoms with Crippen molar-refractivity contribution in [3.63, 3.8) is 0 Å². The zero-order chi connectivity index (χ0) is 14.5. The van der Waals surface area contributed by atoms with Crippen LogP contribution < -0.4 is 5.32 Å². The van der Waals surface area contributed by atoms with E-state index in [2.05, 4.69) is 70.3 Å². The average molecular weight is 328 g/mol. The van der Waals surface area contributed by atoms with Crippen molar-refractivity contribution in [2.45, 2.75) is 13.8 Å². The number of hydrogen-bond acceptors (Lipinski definition) is 1. The van der Waals surface area contributed by atoms with Gasteiger partial charge in [-0.25, -0.2) is 0 Å². The third-order valence-corrected chi connectivity index (χ3v) is 3.46. The van der Waals surface area contributed by atoms with E-state index < -0.39 is 0 Å². The Kier molecular flexibility index (Phi) is 4.80. The summed E-state index contributed by atoms with van der Waals surface area (Å²) in [6.07, 6.45) is 2.09. The van der Waals surface area contributed by atoms with Crippen LogP contribution >= 0.6 is 15.9 Å². The van der Waals surface area contributed by atoms with Crippen molar-refractivity contribution in [1.29, 1.82) is 0 Å². The van der Waals surface area contributed by atoms with E-state index in [0.717, 1.165) is 15.9 Å². The first-order valence-corrected chi connectivity index (χ1v) is 7.56. The van der Waals surface area contributed by atoms with Crippen LogP contribution in [0, 0.1) is 0 Å². The third kappa shape index (κ3) is 3.02. The van der Waals surface area contributed by atoms with Gasteiger partial charge in [0.1, 0.15) is 0 Å². The summed E-state index contributed by atoms with van der Waals surface area (Å²) in [4.78, 5) is 0. The summed E-state index contributed by atoms with van der Waals surface area (Å²) in [7, 11) is 0. The van der Waals surface area contributed by atoms with Crippen LogP contribution in [0.1, 0.15) is 25.0 Å². The third-order valence-electron chi connectivity index (χ3n) is 2.97. The maximum Gasteiger partial charge on any atom is 0.0464 e. The quantitative estimate of drug-likeness (QED) is 0.693. The van der Waals surface area contributed by atoms with Crippen LogP contribution in [0.2, 0.25) is 0 Å². The van der Waals surface area contributed by atoms with E-state index in [0.29, 0.717) is 0 Å². The minimum Gasteiger partial charge on any atom is -0.355 e. The van der Waals surface area contributed by atoms with Crippen molar-refractivity contribution < 1.29 is 0 Å². The van der Waals surface area contributed by atoms with Crippen molar-refractivity contribution in [3.8, 4) is 0 Å². The molecule has 3 rings (SSSR count). The Labute approximate surface area is 129 Å². The molecule has 0 atom stereocenters. The Bertz CT molecular complexity index is 642. The largest absolute Gasteiger partial charge is 0.355 e. The molecule has 1 heterocycles. The van der Waals surface area contributed by atoms with Crippen molar-refractivity contribution in [3.05, 3.63) is 82.5 Å². The Hall–Kier alpha value is -1.80. The van der Waals surface area contributed by atoms with E-state index in [1.165, 1.54) is 16.7 Å². The second-order valence-electron chi connectivity index (χ2n) is 4.26. The topological polar surface area (TPSA) is 12.0 Å². The van der Waals surface area contributed by atoms with Gasteiger partial charge in [-0.1, -0.05) is 66.7 Å². The highest BCUT2D eigenvalue weighted by atomic mass is 79.9. The summed E-state index contributed by atoms with van der Waals surface area (Å²) in [5.41, 5.74) is 5.63. The Morgan fingerprint density at radius 1 is 1.00 bits per heavy atom. The summed E-state index contributed by atoms with van der Waals surface area (Å²) in [5, 5.41) is 3.30. The molecule has 102 valence electrons. The molecule has 0 bridgehead atoms. The van der Waals surface area contributed by atoms with Gasteiger partial charge in [0.25, 0.3) is 0 Å². The minimum atomic E-state index is 0.920. The molecular weight excluding hydrogens is 310 g/mol. The molecule has 1 N–H and O–H groups in total. The van der Waals surface area contributed by atoms with Crippen LogP contribution in [0.5, 0.6) is 0 Å². The van der Waals surface area contributed by atoms with Gasteiger partial charge in [-0.3, -0.25) is 0 Å². The van der Waals surface area contributed by atoms with Gasteiger partial charge < -0.3 is 5.32 Å². The normalized spacial score (nSPS) is 12.6. The van der Waals surface area contributed by atoms with E-state index in [9.17, 15) is 0 Å². The molecule has 1 aliphatic heterocycles. The zero-order valence-corrected chi connectivity index (χ0v) is 13.4. The van der Waals surface area contributed by atoms with Crippen molar-refractivity contribution >= 4 is 27.2 Å². The molecule has 1 nitrogen and oxygen atoms in total. The predicted molar refractivity (Wildman–Crippen MR) is 91.8 cm³/mol. The summed E-state index contributed by atoms with van der Waals surface area (Å²) in [6.45, 7) is 8.01. The molecule has 20 heavy (non-hydrogen) atoms. The molecule has 0 aromatic heterocycles. The SMILES string of the molecule is C=C1C=C(c2ccccc2)c2cc(Br)ccc2N1.CC. The fraction of sp³-hybridized carbons (Fsp3) is 0.111. The predicted octanol–water partition coefficient (Wildman–Crippen LogP) is 5.85. The van der Waals surface area contributed by atoms with Crippen molar-refractivity contribution in [2.24, 2.45) is 0 Å². The van der Waals surface area contributed by atoms with Gasteiger partial charge in [0.05, 0.1) is 0 Å². The maximum atomic E-state index is 4.01. The van der Waals surface area contributed by atoms with E-state index >= 15 is 0 Å². The summed E-state index contributed by atoms with van der Waals surface area (Å²) in [5.74, 6) is 0. The highest BCUT2D eigenvalue weighted by Gasteiger charge is 2.15. The highest BCUT2D eigenvalue weighted by Crippen LogP contribution is 2.36. The number of allylic oxidation sites excluding steroid dienone is 1. The van der Waals surface area contributed by atoms with Gasteiger partial charge in [0.15, 0.2) is 0 Å². The van der Waals surface area contributed by atoms with E-state index in [1.54, 1.807) is 0 Å². The van der Waals surface area contributed by atoms with Crippen molar-refractivity contribution in [2.75, 3.05) is 5.32 Å². The molecule has 2 aromatic rings. The lowest BCUT2D eigenvalue weighted by molar-refractivity contribution is 1.40.